The molecule has 4 aliphatic rings. The average molecular weight is 341 g/mol. The maximum Gasteiger partial charge on any atom is 0.270 e. The Morgan fingerprint density at radius 2 is 1.76 bits per heavy atom. The Balaban J connectivity index is 1.63. The Morgan fingerprint density at radius 1 is 1.16 bits per heavy atom. The molecule has 8 heteroatoms. The van der Waals surface area contributed by atoms with Gasteiger partial charge >= 0.3 is 0 Å². The van der Waals surface area contributed by atoms with Crippen molar-refractivity contribution < 1.29 is 19.6 Å². The highest BCUT2D eigenvalue weighted by Gasteiger charge is 2.56. The summed E-state index contributed by atoms with van der Waals surface area (Å²) in [5.74, 6) is -1.49. The van der Waals surface area contributed by atoms with Gasteiger partial charge in [0.05, 0.1) is 23.0 Å². The molecule has 2 amide bonds. The van der Waals surface area contributed by atoms with Crippen LogP contribution in [0.3, 0.4) is 0 Å². The summed E-state index contributed by atoms with van der Waals surface area (Å²) in [4.78, 5) is 35.5. The summed E-state index contributed by atoms with van der Waals surface area (Å²) in [7, 11) is 0. The summed E-state index contributed by atoms with van der Waals surface area (Å²) in [5, 5.41) is 25.4. The predicted octanol–water partition coefficient (Wildman–Crippen LogP) is 1.83. The van der Waals surface area contributed by atoms with Crippen LogP contribution in [0.5, 0.6) is 5.75 Å². The van der Waals surface area contributed by atoms with Crippen LogP contribution in [0.2, 0.25) is 0 Å². The number of hydrazone groups is 1. The Morgan fingerprint density at radius 3 is 2.28 bits per heavy atom. The zero-order valence-electron chi connectivity index (χ0n) is 13.1. The molecule has 1 saturated carbocycles. The van der Waals surface area contributed by atoms with Gasteiger partial charge in [-0.2, -0.15) is 10.1 Å². The number of imide groups is 1. The third-order valence-electron chi connectivity index (χ3n) is 5.27. The quantitative estimate of drug-likeness (QED) is 0.296. The first-order valence-corrected chi connectivity index (χ1v) is 8.05. The van der Waals surface area contributed by atoms with Gasteiger partial charge in [0.1, 0.15) is 5.75 Å². The summed E-state index contributed by atoms with van der Waals surface area (Å²) in [6, 6.07) is 3.48. The summed E-state index contributed by atoms with van der Waals surface area (Å²) < 4.78 is 0. The summed E-state index contributed by atoms with van der Waals surface area (Å²) in [6.07, 6.45) is 6.93. The molecule has 1 aromatic rings. The number of phenolic OH excluding ortho intramolecular Hbond substituents is 1. The second-order valence-corrected chi connectivity index (χ2v) is 6.57. The second kappa shape index (κ2) is 5.51. The minimum Gasteiger partial charge on any atom is -0.507 e. The number of nitro benzene ring substituents is 1. The summed E-state index contributed by atoms with van der Waals surface area (Å²) in [5.41, 5.74) is -0.139. The molecule has 25 heavy (non-hydrogen) atoms. The van der Waals surface area contributed by atoms with Gasteiger partial charge in [-0.1, -0.05) is 12.2 Å². The molecule has 2 bridgehead atoms. The summed E-state index contributed by atoms with van der Waals surface area (Å²) >= 11 is 0. The van der Waals surface area contributed by atoms with Gasteiger partial charge in [0.15, 0.2) is 0 Å². The van der Waals surface area contributed by atoms with Gasteiger partial charge in [0.25, 0.3) is 17.5 Å². The highest BCUT2D eigenvalue weighted by Crippen LogP contribution is 2.49. The molecule has 0 spiro atoms. The van der Waals surface area contributed by atoms with E-state index in [9.17, 15) is 24.8 Å². The van der Waals surface area contributed by atoms with Crippen molar-refractivity contribution in [3.63, 3.8) is 0 Å². The topological polar surface area (TPSA) is 113 Å². The molecule has 8 nitrogen and oxygen atoms in total. The molecule has 3 aliphatic carbocycles. The lowest BCUT2D eigenvalue weighted by molar-refractivity contribution is -0.384. The molecule has 0 unspecified atom stereocenters. The highest BCUT2D eigenvalue weighted by atomic mass is 16.6. The van der Waals surface area contributed by atoms with Crippen LogP contribution in [0.15, 0.2) is 35.5 Å². The lowest BCUT2D eigenvalue weighted by atomic mass is 9.63. The van der Waals surface area contributed by atoms with Crippen LogP contribution in [-0.2, 0) is 9.59 Å². The Bertz CT molecular complexity index is 815. The van der Waals surface area contributed by atoms with Crippen molar-refractivity contribution in [2.75, 3.05) is 0 Å². The van der Waals surface area contributed by atoms with Gasteiger partial charge in [0.2, 0.25) is 0 Å². The Hall–Kier alpha value is -3.03. The van der Waals surface area contributed by atoms with Crippen molar-refractivity contribution in [1.82, 2.24) is 5.01 Å². The van der Waals surface area contributed by atoms with E-state index in [1.165, 1.54) is 6.07 Å². The number of aromatic hydroxyl groups is 1. The van der Waals surface area contributed by atoms with E-state index in [0.29, 0.717) is 0 Å². The number of non-ortho nitro benzene ring substituents is 1. The number of nitrogens with zero attached hydrogens (tertiary/aromatic N) is 3. The minimum atomic E-state index is -0.596. The molecule has 1 N–H and O–H groups in total. The van der Waals surface area contributed by atoms with Crippen molar-refractivity contribution >= 4 is 23.7 Å². The monoisotopic (exact) mass is 341 g/mol. The number of hydrogen-bond acceptors (Lipinski definition) is 6. The number of amides is 2. The van der Waals surface area contributed by atoms with Crippen molar-refractivity contribution in [2.24, 2.45) is 28.8 Å². The first-order valence-electron chi connectivity index (χ1n) is 8.05. The molecule has 4 atom stereocenters. The van der Waals surface area contributed by atoms with Crippen LogP contribution in [0.25, 0.3) is 0 Å². The van der Waals surface area contributed by atoms with Crippen molar-refractivity contribution in [2.45, 2.75) is 12.8 Å². The largest absolute Gasteiger partial charge is 0.507 e. The first-order chi connectivity index (χ1) is 12.0. The first kappa shape index (κ1) is 15.5. The van der Waals surface area contributed by atoms with Crippen molar-refractivity contribution in [3.05, 3.63) is 46.0 Å². The summed E-state index contributed by atoms with van der Waals surface area (Å²) in [6.45, 7) is 0. The zero-order valence-corrected chi connectivity index (χ0v) is 13.1. The molecule has 5 rings (SSSR count). The van der Waals surface area contributed by atoms with Crippen LogP contribution in [0, 0.1) is 33.8 Å². The Labute approximate surface area is 142 Å². The standard InChI is InChI=1S/C17H15N3O5/c21-13-6-5-12(20(24)25)7-11(13)8-18-19-16(22)14-9-1-2-10(4-3-9)15(14)17(19)23/h1-2,5-10,14-15,21H,3-4H2/b18-8-/t9-,10-,14+,15+/m0/s1. The van der Waals surface area contributed by atoms with Gasteiger partial charge < -0.3 is 5.11 Å². The molecule has 1 aliphatic heterocycles. The number of hydrogen-bond donors (Lipinski definition) is 1. The maximum absolute atomic E-state index is 12.6. The van der Waals surface area contributed by atoms with Crippen LogP contribution >= 0.6 is 0 Å². The number of carbonyl (C=O) groups excluding carboxylic acids is 2. The van der Waals surface area contributed by atoms with Crippen LogP contribution in [-0.4, -0.2) is 33.1 Å². The fraction of sp³-hybridized carbons (Fsp3) is 0.353. The molecular formula is C17H15N3O5. The van der Waals surface area contributed by atoms with Crippen molar-refractivity contribution in [1.29, 1.82) is 0 Å². The SMILES string of the molecule is O=C1[C@H]2[C@H](C(=O)N1/N=C\c1cc([N+](=O)[O-])ccc1O)[C@H]1C=C[C@H]2CC1. The average Bonchev–Trinajstić information content (AvgIpc) is 2.88. The van der Waals surface area contributed by atoms with Crippen LogP contribution < -0.4 is 0 Å². The molecular weight excluding hydrogens is 326 g/mol. The van der Waals surface area contributed by atoms with Gasteiger partial charge in [-0.05, 0) is 30.7 Å². The van der Waals surface area contributed by atoms with E-state index in [1.54, 1.807) is 0 Å². The van der Waals surface area contributed by atoms with E-state index < -0.39 is 4.92 Å². The van der Waals surface area contributed by atoms with Crippen LogP contribution in [0.4, 0.5) is 5.69 Å². The smallest absolute Gasteiger partial charge is 0.270 e. The number of benzene rings is 1. The fourth-order valence-corrected chi connectivity index (χ4v) is 4.05. The lowest BCUT2D eigenvalue weighted by Gasteiger charge is -2.37. The van der Waals surface area contributed by atoms with E-state index >= 15 is 0 Å². The van der Waals surface area contributed by atoms with Gasteiger partial charge in [-0.3, -0.25) is 19.7 Å². The van der Waals surface area contributed by atoms with E-state index in [0.717, 1.165) is 36.2 Å². The highest BCUT2D eigenvalue weighted by molar-refractivity contribution is 6.06. The second-order valence-electron chi connectivity index (χ2n) is 6.57. The predicted molar refractivity (Wildman–Crippen MR) is 86.5 cm³/mol. The molecule has 2 fully saturated rings. The van der Waals surface area contributed by atoms with E-state index in [-0.39, 0.29) is 52.5 Å². The zero-order chi connectivity index (χ0) is 17.7. The molecule has 1 aromatic carbocycles. The van der Waals surface area contributed by atoms with Gasteiger partial charge in [-0.25, -0.2) is 0 Å². The molecule has 128 valence electrons. The molecule has 0 aromatic heterocycles. The molecule has 1 heterocycles. The van der Waals surface area contributed by atoms with Crippen molar-refractivity contribution in [3.8, 4) is 5.75 Å². The molecule has 0 radical (unpaired) electrons. The lowest BCUT2D eigenvalue weighted by Crippen LogP contribution is -2.38. The third kappa shape index (κ3) is 2.33. The fourth-order valence-electron chi connectivity index (χ4n) is 4.05. The number of allylic oxidation sites excluding steroid dienone is 2. The van der Waals surface area contributed by atoms with E-state index in [2.05, 4.69) is 5.10 Å². The van der Waals surface area contributed by atoms with E-state index in [1.807, 2.05) is 12.2 Å². The van der Waals surface area contributed by atoms with Gasteiger partial charge in [-0.15, -0.1) is 0 Å². The normalized spacial score (nSPS) is 30.3. The maximum atomic E-state index is 12.6. The van der Waals surface area contributed by atoms with E-state index in [4.69, 9.17) is 0 Å². The number of fused-ring (bicyclic) bond motifs is 1. The number of carbonyl (C=O) groups is 2. The van der Waals surface area contributed by atoms with Gasteiger partial charge in [0, 0.05) is 17.7 Å². The number of rotatable bonds is 3. The molecule has 1 saturated heterocycles. The minimum absolute atomic E-state index is 0.0675. The number of phenols is 1. The van der Waals surface area contributed by atoms with Crippen LogP contribution in [0.1, 0.15) is 18.4 Å². The third-order valence-corrected chi connectivity index (χ3v) is 5.27. The Kier molecular flexibility index (Phi) is 3.41. The number of nitro groups is 1.